The summed E-state index contributed by atoms with van der Waals surface area (Å²) in [4.78, 5) is 126. The van der Waals surface area contributed by atoms with Crippen LogP contribution in [0, 0.1) is 17.8 Å². The maximum atomic E-state index is 14.9. The maximum absolute atomic E-state index is 14.9. The van der Waals surface area contributed by atoms with Crippen LogP contribution < -0.4 is 31.7 Å². The minimum absolute atomic E-state index is 0.0378. The summed E-state index contributed by atoms with van der Waals surface area (Å²) in [7, 11) is 3.48. The number of ether oxygens (including phenoxy) is 3. The molecule has 12 N–H and O–H groups in total. The Morgan fingerprint density at radius 1 is 0.900 bits per heavy atom. The fourth-order valence-electron chi connectivity index (χ4n) is 10.9. The van der Waals surface area contributed by atoms with Gasteiger partial charge in [-0.1, -0.05) is 84.7 Å². The van der Waals surface area contributed by atoms with E-state index in [4.69, 9.17) is 19.9 Å². The van der Waals surface area contributed by atoms with Gasteiger partial charge in [-0.05, 0) is 67.4 Å². The van der Waals surface area contributed by atoms with Crippen molar-refractivity contribution in [1.29, 1.82) is 0 Å². The van der Waals surface area contributed by atoms with Gasteiger partial charge < -0.3 is 81.2 Å². The molecule has 496 valence electrons. The van der Waals surface area contributed by atoms with Crippen LogP contribution in [0.5, 0.6) is 5.75 Å². The molecular formula is C62H90N9O18S+. The van der Waals surface area contributed by atoms with Crippen LogP contribution in [0.1, 0.15) is 126 Å². The van der Waals surface area contributed by atoms with Crippen LogP contribution in [0.15, 0.2) is 66.1 Å². The minimum Gasteiger partial charge on any atom is -0.481 e. The zero-order chi connectivity index (χ0) is 66.7. The lowest BCUT2D eigenvalue weighted by Crippen LogP contribution is -2.61. The quantitative estimate of drug-likeness (QED) is 0.0228. The van der Waals surface area contributed by atoms with Gasteiger partial charge in [0.15, 0.2) is 18.8 Å². The molecule has 1 saturated heterocycles. The Hall–Kier alpha value is -7.44. The first kappa shape index (κ1) is 73.3. The Bertz CT molecular complexity index is 2990. The summed E-state index contributed by atoms with van der Waals surface area (Å²) in [5.41, 5.74) is 7.23. The molecular weight excluding hydrogens is 1190 g/mol. The highest BCUT2D eigenvalue weighted by Gasteiger charge is 2.48. The molecule has 0 saturated carbocycles. The summed E-state index contributed by atoms with van der Waals surface area (Å²) in [6.45, 7) is 12.2. The molecule has 2 aliphatic heterocycles. The number of aromatic nitrogens is 1. The Kier molecular flexibility index (Phi) is 27.8. The third-order valence-corrected chi connectivity index (χ3v) is 17.1. The predicted octanol–water partition coefficient (Wildman–Crippen LogP) is 2.20. The molecule has 28 heteroatoms. The summed E-state index contributed by atoms with van der Waals surface area (Å²) in [5.74, 6) is -8.29. The van der Waals surface area contributed by atoms with E-state index in [0.717, 1.165) is 40.7 Å². The molecule has 1 fully saturated rings. The van der Waals surface area contributed by atoms with Crippen molar-refractivity contribution < 1.29 is 92.5 Å². The van der Waals surface area contributed by atoms with E-state index in [1.54, 1.807) is 24.9 Å². The number of nitrogens with zero attached hydrogens (tertiary/aromatic N) is 4. The number of hydrogen-bond acceptors (Lipinski definition) is 19. The number of nitrogens with two attached hydrogens (primary N) is 1. The van der Waals surface area contributed by atoms with Crippen LogP contribution in [0.25, 0.3) is 0 Å². The number of esters is 1. The molecule has 5 rings (SSSR count). The lowest BCUT2D eigenvalue weighted by Gasteiger charge is -2.38. The molecule has 1 aromatic heterocycles. The van der Waals surface area contributed by atoms with E-state index in [1.807, 2.05) is 72.0 Å². The molecule has 27 nitrogen and oxygen atoms in total. The monoisotopic (exact) mass is 1280 g/mol. The molecule has 90 heavy (non-hydrogen) atoms. The van der Waals surface area contributed by atoms with Crippen LogP contribution in [-0.2, 0) is 60.8 Å². The molecule has 3 heterocycles. The third kappa shape index (κ3) is 20.5. The topological polar surface area (TPSA) is 396 Å². The van der Waals surface area contributed by atoms with Gasteiger partial charge in [0.1, 0.15) is 59.6 Å². The second-order valence-electron chi connectivity index (χ2n) is 23.8. The number of aliphatic carboxylic acids is 2. The molecule has 0 aliphatic carbocycles. The van der Waals surface area contributed by atoms with Gasteiger partial charge in [0.25, 0.3) is 11.8 Å². The number of amides is 6. The Balaban J connectivity index is 1.37. The minimum atomic E-state index is -2.02. The van der Waals surface area contributed by atoms with Crippen molar-refractivity contribution in [2.45, 2.75) is 174 Å². The number of benzene rings is 2. The largest absolute Gasteiger partial charge is 0.481 e. The fraction of sp³-hybridized carbons (Fsp3) is 0.581. The zero-order valence-electron chi connectivity index (χ0n) is 52.5. The SMILES string of the molecule is CCCCC[N+](C)(CC(=O)N[C@H](C(=O)N(C)[C@H](C[C@@H](OC(C)=O)c1nc(C(=O)N[C@@H](Cc2ccccc2)C[C@H](C)C(=O)O)cs1)C(C)C)[C@@H](C)CC)Cc1ccc(O[C@@H]2O[C@H](C(=O)O)[C@@H](O)[C@H](O)[C@H]2O)c(NC(=O)CCNC(=O)[C@H](CN)N2C(=O)C=CC2O)c1. The number of nitrogens with one attached hydrogen (secondary N) is 4. The number of hydrogen-bond donors (Lipinski definition) is 11. The van der Waals surface area contributed by atoms with Gasteiger partial charge >= 0.3 is 17.9 Å². The summed E-state index contributed by atoms with van der Waals surface area (Å²) >= 11 is 1.10. The number of rotatable bonds is 35. The number of aliphatic hydroxyl groups is 4. The number of aliphatic hydroxyl groups excluding tert-OH is 4. The van der Waals surface area contributed by atoms with Gasteiger partial charge in [0, 0.05) is 69.0 Å². The number of carbonyl (C=O) groups excluding carboxylic acids is 7. The lowest BCUT2D eigenvalue weighted by molar-refractivity contribution is -0.915. The zero-order valence-corrected chi connectivity index (χ0v) is 53.3. The summed E-state index contributed by atoms with van der Waals surface area (Å²) in [5, 5.41) is 74.5. The average molecular weight is 1280 g/mol. The highest BCUT2D eigenvalue weighted by atomic mass is 32.1. The molecule has 2 aromatic carbocycles. The van der Waals surface area contributed by atoms with Crippen molar-refractivity contribution in [1.82, 2.24) is 30.7 Å². The molecule has 14 atom stereocenters. The van der Waals surface area contributed by atoms with Gasteiger partial charge in [-0.15, -0.1) is 11.3 Å². The number of quaternary nitrogens is 1. The summed E-state index contributed by atoms with van der Waals surface area (Å²) in [6, 6.07) is 10.4. The van der Waals surface area contributed by atoms with Crippen LogP contribution in [0.2, 0.25) is 0 Å². The third-order valence-electron chi connectivity index (χ3n) is 16.2. The van der Waals surface area contributed by atoms with E-state index in [-0.39, 0.29) is 78.9 Å². The summed E-state index contributed by atoms with van der Waals surface area (Å²) < 4.78 is 17.2. The Labute approximate surface area is 527 Å². The number of anilines is 1. The number of unbranched alkanes of at least 4 members (excludes halogenated alkanes) is 2. The number of likely N-dealkylation sites (N-methyl/N-ethyl adjacent to an activating group) is 2. The van der Waals surface area contributed by atoms with Gasteiger partial charge in [0.2, 0.25) is 29.9 Å². The van der Waals surface area contributed by atoms with Crippen molar-refractivity contribution in [3.05, 3.63) is 87.9 Å². The van der Waals surface area contributed by atoms with E-state index in [1.165, 1.54) is 30.5 Å². The maximum Gasteiger partial charge on any atom is 0.335 e. The molecule has 3 aromatic rings. The fourth-order valence-corrected chi connectivity index (χ4v) is 11.7. The van der Waals surface area contributed by atoms with Gasteiger partial charge in [-0.25, -0.2) is 9.78 Å². The first-order chi connectivity index (χ1) is 42.5. The molecule has 2 aliphatic rings. The number of thiazole rings is 1. The number of carboxylic acids is 2. The Morgan fingerprint density at radius 2 is 1.60 bits per heavy atom. The van der Waals surface area contributed by atoms with Crippen molar-refractivity contribution in [2.75, 3.05) is 45.6 Å². The Morgan fingerprint density at radius 3 is 2.20 bits per heavy atom. The van der Waals surface area contributed by atoms with Crippen molar-refractivity contribution >= 4 is 70.4 Å². The van der Waals surface area contributed by atoms with E-state index in [2.05, 4.69) is 26.3 Å². The molecule has 2 unspecified atom stereocenters. The number of carboxylic acid groups (broad SMARTS) is 2. The van der Waals surface area contributed by atoms with Gasteiger partial charge in [0.05, 0.1) is 25.2 Å². The highest BCUT2D eigenvalue weighted by Crippen LogP contribution is 2.34. The first-order valence-electron chi connectivity index (χ1n) is 30.3. The lowest BCUT2D eigenvalue weighted by atomic mass is 9.93. The standard InChI is InChI=1S/C62H89N9O18S/c1-10-12-16-25-71(9,31-39-19-20-45(88-62-54(79)52(77)53(78)55(89-62)61(85)86)41(28-39)66-47(73)23-24-64-57(81)44(30-63)70-49(75)21-22-50(70)76)32-48(74)68-51(35(5)11-2)59(82)69(8)43(34(3)4)29-46(87-37(7)72)58-67-42(33-90-58)56(80)65-40(26-36(6)60(83)84)27-38-17-14-13-15-18-38/h13-15,17-22,28,33-36,40,43-44,46,49,51-55,62,75,77-79H,10-12,16,23-27,29-32,63H2,1-9H3,(H5-,64,65,66,68,73,74,80,81,83,84,85,86)/p+1/t35-,36-,40+,43+,44-,46+,49?,51-,52-,53-,54+,55-,62+,71?/m0/s1. The van der Waals surface area contributed by atoms with Crippen molar-refractivity contribution in [2.24, 2.45) is 23.5 Å². The average Bonchev–Trinajstić information content (AvgIpc) is 1.13. The van der Waals surface area contributed by atoms with Crippen molar-refractivity contribution in [3.63, 3.8) is 0 Å². The van der Waals surface area contributed by atoms with Crippen molar-refractivity contribution in [3.8, 4) is 5.75 Å². The predicted molar refractivity (Wildman–Crippen MR) is 328 cm³/mol. The number of carbonyl (C=O) groups is 9. The van der Waals surface area contributed by atoms with Crippen LogP contribution >= 0.6 is 11.3 Å². The van der Waals surface area contributed by atoms with E-state index in [9.17, 15) is 73.8 Å². The van der Waals surface area contributed by atoms with Crippen LogP contribution in [0.4, 0.5) is 5.69 Å². The van der Waals surface area contributed by atoms with E-state index >= 15 is 0 Å². The summed E-state index contributed by atoms with van der Waals surface area (Å²) in [6.07, 6.45) is -6.93. The second-order valence-corrected chi connectivity index (χ2v) is 24.7. The van der Waals surface area contributed by atoms with Crippen LogP contribution in [-0.4, -0.2) is 205 Å². The van der Waals surface area contributed by atoms with E-state index in [0.29, 0.717) is 36.4 Å². The van der Waals surface area contributed by atoms with E-state index < -0.39 is 126 Å². The molecule has 0 bridgehead atoms. The second kappa shape index (κ2) is 34.1. The smallest absolute Gasteiger partial charge is 0.335 e. The van der Waals surface area contributed by atoms with Crippen LogP contribution in [0.3, 0.4) is 0 Å². The molecule has 0 radical (unpaired) electrons. The molecule has 6 amide bonds. The van der Waals surface area contributed by atoms with Gasteiger partial charge in [-0.3, -0.25) is 43.3 Å². The van der Waals surface area contributed by atoms with Gasteiger partial charge in [-0.2, -0.15) is 0 Å². The normalized spacial score (nSPS) is 21.1. The first-order valence-corrected chi connectivity index (χ1v) is 31.2. The molecule has 0 spiro atoms. The highest BCUT2D eigenvalue weighted by molar-refractivity contribution is 7.09.